The Morgan fingerprint density at radius 2 is 0.829 bits per heavy atom. The lowest BCUT2D eigenvalue weighted by Crippen LogP contribution is -2.33. The van der Waals surface area contributed by atoms with E-state index in [0.29, 0.717) is 5.41 Å². The monoisotopic (exact) mass is 485 g/mol. The molecule has 0 heteroatoms. The van der Waals surface area contributed by atoms with Gasteiger partial charge in [-0.05, 0) is 85.9 Å². The van der Waals surface area contributed by atoms with Gasteiger partial charge in [-0.1, -0.05) is 136 Å². The van der Waals surface area contributed by atoms with Crippen LogP contribution in [-0.4, -0.2) is 0 Å². The minimum absolute atomic E-state index is 0.716. The maximum atomic E-state index is 2.44. The summed E-state index contributed by atoms with van der Waals surface area (Å²) in [6.45, 7) is 4.88. The van der Waals surface area contributed by atoms with E-state index in [-0.39, 0.29) is 0 Å². The maximum Gasteiger partial charge on any atom is -0.0298 e. The van der Waals surface area contributed by atoms with E-state index in [1.54, 1.807) is 122 Å². The molecule has 5 unspecified atom stereocenters. The third-order valence-electron chi connectivity index (χ3n) is 12.1. The molecule has 0 amide bonds. The molecule has 0 nitrogen and oxygen atoms in total. The smallest absolute Gasteiger partial charge is 0.0298 e. The van der Waals surface area contributed by atoms with Crippen LogP contribution in [0.15, 0.2) is 0 Å². The predicted octanol–water partition coefficient (Wildman–Crippen LogP) is 11.9. The van der Waals surface area contributed by atoms with Crippen LogP contribution < -0.4 is 0 Å². The lowest BCUT2D eigenvalue weighted by atomic mass is 9.62. The number of fused-ring (bicyclic) bond motifs is 1. The van der Waals surface area contributed by atoms with Gasteiger partial charge in [-0.15, -0.1) is 0 Å². The fourth-order valence-corrected chi connectivity index (χ4v) is 10.4. The molecule has 0 aromatic carbocycles. The van der Waals surface area contributed by atoms with E-state index < -0.39 is 0 Å². The Bertz CT molecular complexity index is 550. The van der Waals surface area contributed by atoms with Crippen molar-refractivity contribution in [3.8, 4) is 0 Å². The van der Waals surface area contributed by atoms with Crippen molar-refractivity contribution in [2.75, 3.05) is 0 Å². The van der Waals surface area contributed by atoms with Gasteiger partial charge in [0.25, 0.3) is 0 Å². The molecule has 4 rings (SSSR count). The zero-order valence-electron chi connectivity index (χ0n) is 24.3. The van der Waals surface area contributed by atoms with Crippen LogP contribution in [0.3, 0.4) is 0 Å². The molecule has 35 heavy (non-hydrogen) atoms. The topological polar surface area (TPSA) is 0 Å². The number of rotatable bonds is 6. The summed E-state index contributed by atoms with van der Waals surface area (Å²) in [5, 5.41) is 0. The summed E-state index contributed by atoms with van der Waals surface area (Å²) in [6, 6.07) is 0. The molecule has 0 bridgehead atoms. The minimum atomic E-state index is 0.716. The van der Waals surface area contributed by atoms with Gasteiger partial charge in [0.05, 0.1) is 0 Å². The van der Waals surface area contributed by atoms with Gasteiger partial charge in [0.15, 0.2) is 0 Å². The zero-order valence-corrected chi connectivity index (χ0v) is 24.3. The first-order valence-electron chi connectivity index (χ1n) is 17.2. The molecule has 0 aromatic rings. The van der Waals surface area contributed by atoms with Crippen molar-refractivity contribution in [3.05, 3.63) is 0 Å². The van der Waals surface area contributed by atoms with Gasteiger partial charge in [-0.25, -0.2) is 0 Å². The Morgan fingerprint density at radius 1 is 0.400 bits per heavy atom. The Hall–Kier alpha value is 0. The first kappa shape index (κ1) is 28.0. The second kappa shape index (κ2) is 14.8. The number of hydrogen-bond acceptors (Lipinski definition) is 0. The van der Waals surface area contributed by atoms with Crippen molar-refractivity contribution in [1.82, 2.24) is 0 Å². The summed E-state index contributed by atoms with van der Waals surface area (Å²) in [7, 11) is 0. The second-order valence-electron chi connectivity index (χ2n) is 14.3. The normalized spacial score (nSPS) is 36.3. The van der Waals surface area contributed by atoms with E-state index in [1.165, 1.54) is 44.9 Å². The molecule has 4 fully saturated rings. The van der Waals surface area contributed by atoms with E-state index in [1.807, 2.05) is 0 Å². The van der Waals surface area contributed by atoms with Gasteiger partial charge in [-0.3, -0.25) is 0 Å². The standard InChI is InChI=1S/C35H64/c1-3-25-35(26-4-2)27-14-21-32(24-28-35)34-23-13-20-31-19-12-11-18-30(29-15-7-5-8-16-29)17-9-6-10-22-33(31)34/h29-34H,3-28H2,1-2H3. The Kier molecular flexibility index (Phi) is 11.9. The maximum absolute atomic E-state index is 2.44. The fourth-order valence-electron chi connectivity index (χ4n) is 10.4. The van der Waals surface area contributed by atoms with Crippen LogP contribution in [0.5, 0.6) is 0 Å². The van der Waals surface area contributed by atoms with Gasteiger partial charge in [-0.2, -0.15) is 0 Å². The summed E-state index contributed by atoms with van der Waals surface area (Å²) >= 11 is 0. The number of hydrogen-bond donors (Lipinski definition) is 0. The highest BCUT2D eigenvalue weighted by Crippen LogP contribution is 2.51. The molecule has 0 aliphatic heterocycles. The van der Waals surface area contributed by atoms with Crippen molar-refractivity contribution in [2.45, 2.75) is 181 Å². The highest BCUT2D eigenvalue weighted by atomic mass is 14.5. The molecular formula is C35H64. The predicted molar refractivity (Wildman–Crippen MR) is 155 cm³/mol. The molecule has 4 aliphatic rings. The molecule has 204 valence electrons. The van der Waals surface area contributed by atoms with Crippen LogP contribution in [0.1, 0.15) is 181 Å². The van der Waals surface area contributed by atoms with Crippen LogP contribution in [-0.2, 0) is 0 Å². The summed E-state index contributed by atoms with van der Waals surface area (Å²) < 4.78 is 0. The van der Waals surface area contributed by atoms with E-state index in [0.717, 1.165) is 35.5 Å². The summed E-state index contributed by atoms with van der Waals surface area (Å²) in [5.41, 5.74) is 0.716. The molecule has 0 radical (unpaired) electrons. The van der Waals surface area contributed by atoms with Crippen LogP contribution in [0, 0.1) is 40.9 Å². The molecule has 4 aliphatic carbocycles. The summed E-state index contributed by atoms with van der Waals surface area (Å²) in [4.78, 5) is 0. The zero-order chi connectivity index (χ0) is 24.3. The largest absolute Gasteiger partial charge is 0.0654 e. The second-order valence-corrected chi connectivity index (χ2v) is 14.3. The third kappa shape index (κ3) is 7.99. The molecular weight excluding hydrogens is 420 g/mol. The third-order valence-corrected chi connectivity index (χ3v) is 12.1. The van der Waals surface area contributed by atoms with Gasteiger partial charge in [0, 0.05) is 0 Å². The van der Waals surface area contributed by atoms with Crippen molar-refractivity contribution >= 4 is 0 Å². The highest BCUT2D eigenvalue weighted by molar-refractivity contribution is 4.91. The summed E-state index contributed by atoms with van der Waals surface area (Å²) in [6.07, 6.45) is 40.1. The van der Waals surface area contributed by atoms with Gasteiger partial charge in [0.2, 0.25) is 0 Å². The highest BCUT2D eigenvalue weighted by Gasteiger charge is 2.40. The quantitative estimate of drug-likeness (QED) is 0.329. The van der Waals surface area contributed by atoms with E-state index >= 15 is 0 Å². The van der Waals surface area contributed by atoms with Crippen molar-refractivity contribution in [3.63, 3.8) is 0 Å². The average molecular weight is 485 g/mol. The lowest BCUT2D eigenvalue weighted by molar-refractivity contribution is 0.0712. The Morgan fingerprint density at radius 3 is 1.43 bits per heavy atom. The van der Waals surface area contributed by atoms with Crippen LogP contribution in [0.4, 0.5) is 0 Å². The minimum Gasteiger partial charge on any atom is -0.0654 e. The molecule has 0 saturated heterocycles. The molecule has 0 aromatic heterocycles. The molecule has 5 atom stereocenters. The SMILES string of the molecule is CCCC1(CCC)CCCC(C2CCCC3CCCCC(C4CCCCC4)CCCCCC32)CC1. The molecule has 0 heterocycles. The molecule has 0 spiro atoms. The molecule has 0 N–H and O–H groups in total. The van der Waals surface area contributed by atoms with Crippen LogP contribution in [0.2, 0.25) is 0 Å². The van der Waals surface area contributed by atoms with E-state index in [9.17, 15) is 0 Å². The van der Waals surface area contributed by atoms with Crippen LogP contribution in [0.25, 0.3) is 0 Å². The van der Waals surface area contributed by atoms with Gasteiger partial charge in [0.1, 0.15) is 0 Å². The first-order valence-corrected chi connectivity index (χ1v) is 17.2. The molecule has 4 saturated carbocycles. The van der Waals surface area contributed by atoms with Crippen molar-refractivity contribution in [1.29, 1.82) is 0 Å². The van der Waals surface area contributed by atoms with Crippen molar-refractivity contribution in [2.24, 2.45) is 40.9 Å². The Balaban J connectivity index is 1.35. The summed E-state index contributed by atoms with van der Waals surface area (Å²) in [5.74, 6) is 6.52. The lowest BCUT2D eigenvalue weighted by Gasteiger charge is -2.43. The van der Waals surface area contributed by atoms with Crippen molar-refractivity contribution < 1.29 is 0 Å². The Labute approximate surface area is 221 Å². The fraction of sp³-hybridized carbons (Fsp3) is 1.00. The van der Waals surface area contributed by atoms with E-state index in [2.05, 4.69) is 13.8 Å². The first-order chi connectivity index (χ1) is 17.2. The van der Waals surface area contributed by atoms with Gasteiger partial charge < -0.3 is 0 Å². The van der Waals surface area contributed by atoms with E-state index in [4.69, 9.17) is 0 Å². The van der Waals surface area contributed by atoms with Crippen LogP contribution >= 0.6 is 0 Å². The average Bonchev–Trinajstić information content (AvgIpc) is 3.08. The van der Waals surface area contributed by atoms with Gasteiger partial charge >= 0.3 is 0 Å².